The van der Waals surface area contributed by atoms with Gasteiger partial charge in [-0.1, -0.05) is 24.3 Å². The van der Waals surface area contributed by atoms with E-state index in [1.165, 1.54) is 24.3 Å². The molecule has 0 aliphatic carbocycles. The van der Waals surface area contributed by atoms with E-state index < -0.39 is 16.4 Å². The van der Waals surface area contributed by atoms with E-state index in [0.717, 1.165) is 12.1 Å². The van der Waals surface area contributed by atoms with E-state index in [1.54, 1.807) is 12.1 Å². The van der Waals surface area contributed by atoms with Crippen molar-refractivity contribution >= 4 is 10.0 Å². The van der Waals surface area contributed by atoms with E-state index in [9.17, 15) is 21.6 Å². The minimum absolute atomic E-state index is 0.0646. The highest BCUT2D eigenvalue weighted by Gasteiger charge is 2.30. The monoisotopic (exact) mass is 370 g/mol. The van der Waals surface area contributed by atoms with Gasteiger partial charge in [0.25, 0.3) is 0 Å². The minimum Gasteiger partial charge on any atom is -0.406 e. The van der Waals surface area contributed by atoms with Gasteiger partial charge in [-0.25, -0.2) is 13.1 Å². The minimum atomic E-state index is -4.77. The Kier molecular flexibility index (Phi) is 5.66. The van der Waals surface area contributed by atoms with Crippen LogP contribution in [-0.4, -0.2) is 14.8 Å². The first-order chi connectivity index (χ1) is 11.7. The Balaban J connectivity index is 1.93. The third kappa shape index (κ3) is 6.45. The fourth-order valence-electron chi connectivity index (χ4n) is 1.95. The van der Waals surface area contributed by atoms with Crippen LogP contribution in [0.2, 0.25) is 0 Å². The van der Waals surface area contributed by atoms with Gasteiger partial charge in [-0.3, -0.25) is 0 Å². The third-order valence-electron chi connectivity index (χ3n) is 3.09. The van der Waals surface area contributed by atoms with Crippen molar-refractivity contribution in [2.45, 2.75) is 18.7 Å². The molecular weight excluding hydrogens is 357 g/mol. The molecule has 0 unspecified atom stereocenters. The summed E-state index contributed by atoms with van der Waals surface area (Å²) in [6.45, 7) is -0.0646. The van der Waals surface area contributed by atoms with Gasteiger partial charge >= 0.3 is 6.36 Å². The van der Waals surface area contributed by atoms with Gasteiger partial charge in [0.2, 0.25) is 10.0 Å². The lowest BCUT2D eigenvalue weighted by molar-refractivity contribution is -0.274. The molecule has 2 aromatic carbocycles. The molecule has 5 nitrogen and oxygen atoms in total. The summed E-state index contributed by atoms with van der Waals surface area (Å²) in [4.78, 5) is 0. The summed E-state index contributed by atoms with van der Waals surface area (Å²) in [5, 5.41) is 8.70. The van der Waals surface area contributed by atoms with Gasteiger partial charge in [0, 0.05) is 6.54 Å². The number of nitrogens with one attached hydrogen (secondary N) is 1. The molecule has 0 spiro atoms. The lowest BCUT2D eigenvalue weighted by Gasteiger charge is -2.10. The maximum absolute atomic E-state index is 12.1. The van der Waals surface area contributed by atoms with Gasteiger partial charge in [-0.05, 0) is 35.4 Å². The molecule has 25 heavy (non-hydrogen) atoms. The summed E-state index contributed by atoms with van der Waals surface area (Å²) in [5.41, 5.74) is 1.42. The number of rotatable bonds is 6. The summed E-state index contributed by atoms with van der Waals surface area (Å²) < 4.78 is 66.4. The third-order valence-corrected chi connectivity index (χ3v) is 4.39. The fraction of sp³-hybridized carbons (Fsp3) is 0.188. The topological polar surface area (TPSA) is 79.2 Å². The van der Waals surface area contributed by atoms with E-state index in [4.69, 9.17) is 5.26 Å². The van der Waals surface area contributed by atoms with Crippen molar-refractivity contribution in [2.75, 3.05) is 0 Å². The van der Waals surface area contributed by atoms with Crippen LogP contribution >= 0.6 is 0 Å². The lowest BCUT2D eigenvalue weighted by Crippen LogP contribution is -2.24. The van der Waals surface area contributed by atoms with Gasteiger partial charge < -0.3 is 4.74 Å². The number of benzene rings is 2. The van der Waals surface area contributed by atoms with Crippen molar-refractivity contribution in [1.29, 1.82) is 5.26 Å². The van der Waals surface area contributed by atoms with E-state index >= 15 is 0 Å². The Hall–Kier alpha value is -2.57. The van der Waals surface area contributed by atoms with Crippen LogP contribution in [-0.2, 0) is 22.3 Å². The van der Waals surface area contributed by atoms with Gasteiger partial charge in [-0.2, -0.15) is 5.26 Å². The number of hydrogen-bond acceptors (Lipinski definition) is 4. The normalized spacial score (nSPS) is 11.8. The van der Waals surface area contributed by atoms with Crippen LogP contribution in [0.25, 0.3) is 0 Å². The molecule has 132 valence electrons. The van der Waals surface area contributed by atoms with Crippen molar-refractivity contribution in [2.24, 2.45) is 0 Å². The summed E-state index contributed by atoms with van der Waals surface area (Å²) in [6.07, 6.45) is -4.77. The molecule has 0 saturated heterocycles. The predicted molar refractivity (Wildman–Crippen MR) is 83.7 cm³/mol. The molecular formula is C16H13F3N2O3S. The Labute approximate surface area is 142 Å². The first-order valence-corrected chi connectivity index (χ1v) is 8.63. The highest BCUT2D eigenvalue weighted by atomic mass is 32.2. The summed E-state index contributed by atoms with van der Waals surface area (Å²) in [6, 6.07) is 13.0. The van der Waals surface area contributed by atoms with Gasteiger partial charge in [0.15, 0.2) is 0 Å². The number of hydrogen-bond donors (Lipinski definition) is 1. The Morgan fingerprint density at radius 1 is 1.00 bits per heavy atom. The maximum atomic E-state index is 12.1. The van der Waals surface area contributed by atoms with Crippen molar-refractivity contribution < 1.29 is 26.3 Å². The van der Waals surface area contributed by atoms with Gasteiger partial charge in [-0.15, -0.1) is 13.2 Å². The van der Waals surface area contributed by atoms with Gasteiger partial charge in [0.05, 0.1) is 17.4 Å². The summed E-state index contributed by atoms with van der Waals surface area (Å²) in [7, 11) is -3.64. The van der Waals surface area contributed by atoms with Crippen molar-refractivity contribution in [1.82, 2.24) is 4.72 Å². The second-order valence-electron chi connectivity index (χ2n) is 5.08. The maximum Gasteiger partial charge on any atom is 0.573 e. The molecule has 0 atom stereocenters. The Morgan fingerprint density at radius 3 is 2.08 bits per heavy atom. The van der Waals surface area contributed by atoms with Crippen molar-refractivity contribution in [3.8, 4) is 11.8 Å². The predicted octanol–water partition coefficient (Wildman–Crippen LogP) is 3.08. The summed E-state index contributed by atoms with van der Waals surface area (Å²) >= 11 is 0. The number of nitriles is 1. The molecule has 0 aliphatic heterocycles. The van der Waals surface area contributed by atoms with Crippen LogP contribution in [0.5, 0.6) is 5.75 Å². The van der Waals surface area contributed by atoms with E-state index in [-0.39, 0.29) is 18.0 Å². The molecule has 0 heterocycles. The molecule has 9 heteroatoms. The van der Waals surface area contributed by atoms with Crippen LogP contribution < -0.4 is 9.46 Å². The zero-order valence-electron chi connectivity index (χ0n) is 12.7. The quantitative estimate of drug-likeness (QED) is 0.848. The zero-order chi connectivity index (χ0) is 18.5. The molecule has 0 bridgehead atoms. The number of halogens is 3. The molecule has 0 radical (unpaired) electrons. The molecule has 0 saturated carbocycles. The van der Waals surface area contributed by atoms with Crippen LogP contribution in [0, 0.1) is 11.3 Å². The standard InChI is InChI=1S/C16H13F3N2O3S/c17-16(18,19)24-15-7-5-13(6-8-15)10-21-25(22,23)11-14-3-1-12(9-20)2-4-14/h1-8,21H,10-11H2. The molecule has 0 amide bonds. The Bertz CT molecular complexity index is 855. The van der Waals surface area contributed by atoms with E-state index in [0.29, 0.717) is 16.7 Å². The number of sulfonamides is 1. The second-order valence-corrected chi connectivity index (χ2v) is 6.89. The average molecular weight is 370 g/mol. The number of nitrogens with zero attached hydrogens (tertiary/aromatic N) is 1. The lowest BCUT2D eigenvalue weighted by atomic mass is 10.2. The van der Waals surface area contributed by atoms with Crippen molar-refractivity contribution in [3.05, 3.63) is 65.2 Å². The summed E-state index contributed by atoms with van der Waals surface area (Å²) in [5.74, 6) is -0.648. The van der Waals surface area contributed by atoms with E-state index in [2.05, 4.69) is 9.46 Å². The van der Waals surface area contributed by atoms with Crippen LogP contribution in [0.4, 0.5) is 13.2 Å². The van der Waals surface area contributed by atoms with Crippen molar-refractivity contribution in [3.63, 3.8) is 0 Å². The molecule has 0 fully saturated rings. The first kappa shape index (κ1) is 18.8. The largest absolute Gasteiger partial charge is 0.573 e. The highest BCUT2D eigenvalue weighted by molar-refractivity contribution is 7.88. The fourth-order valence-corrected chi connectivity index (χ4v) is 3.07. The van der Waals surface area contributed by atoms with Crippen LogP contribution in [0.1, 0.15) is 16.7 Å². The average Bonchev–Trinajstić information content (AvgIpc) is 2.53. The molecule has 0 aromatic heterocycles. The molecule has 1 N–H and O–H groups in total. The molecule has 2 aromatic rings. The van der Waals surface area contributed by atoms with Crippen LogP contribution in [0.3, 0.4) is 0 Å². The smallest absolute Gasteiger partial charge is 0.406 e. The second kappa shape index (κ2) is 7.55. The molecule has 0 aliphatic rings. The SMILES string of the molecule is N#Cc1ccc(CS(=O)(=O)NCc2ccc(OC(F)(F)F)cc2)cc1. The van der Waals surface area contributed by atoms with Crippen LogP contribution in [0.15, 0.2) is 48.5 Å². The molecule has 2 rings (SSSR count). The number of ether oxygens (including phenoxy) is 1. The first-order valence-electron chi connectivity index (χ1n) is 6.98. The Morgan fingerprint density at radius 2 is 1.56 bits per heavy atom. The number of alkyl halides is 3. The zero-order valence-corrected chi connectivity index (χ0v) is 13.6. The highest BCUT2D eigenvalue weighted by Crippen LogP contribution is 2.22. The van der Waals surface area contributed by atoms with E-state index in [1.807, 2.05) is 6.07 Å². The van der Waals surface area contributed by atoms with Gasteiger partial charge in [0.1, 0.15) is 5.75 Å².